The summed E-state index contributed by atoms with van der Waals surface area (Å²) in [6.45, 7) is 3.91. The molecule has 0 saturated carbocycles. The van der Waals surface area contributed by atoms with E-state index in [0.29, 0.717) is 13.0 Å². The van der Waals surface area contributed by atoms with Gasteiger partial charge in [-0.3, -0.25) is 9.59 Å². The number of hydrogen-bond donors (Lipinski definition) is 1. The number of unbranched alkanes of at least 4 members (excludes halogenated alkanes) is 11. The van der Waals surface area contributed by atoms with Crippen LogP contribution in [0.5, 0.6) is 0 Å². The van der Waals surface area contributed by atoms with Gasteiger partial charge in [-0.2, -0.15) is 0 Å². The molecule has 0 bridgehead atoms. The molecule has 5 nitrogen and oxygen atoms in total. The quantitative estimate of drug-likeness (QED) is 0.171. The van der Waals surface area contributed by atoms with Crippen LogP contribution in [0.4, 0.5) is 0 Å². The molecule has 1 rings (SSSR count). The number of carbonyl (C=O) groups is 2. The van der Waals surface area contributed by atoms with Crippen molar-refractivity contribution < 1.29 is 24.2 Å². The van der Waals surface area contributed by atoms with Crippen LogP contribution in [-0.2, 0) is 25.7 Å². The lowest BCUT2D eigenvalue weighted by Gasteiger charge is -2.24. The van der Waals surface area contributed by atoms with Crippen LogP contribution in [-0.4, -0.2) is 29.3 Å². The van der Waals surface area contributed by atoms with Crippen molar-refractivity contribution in [2.45, 2.75) is 123 Å². The first-order valence-corrected chi connectivity index (χ1v) is 12.5. The van der Waals surface area contributed by atoms with Crippen LogP contribution in [0.2, 0.25) is 0 Å². The summed E-state index contributed by atoms with van der Waals surface area (Å²) in [6, 6.07) is 10.1. The van der Waals surface area contributed by atoms with Crippen molar-refractivity contribution in [2.75, 3.05) is 0 Å². The number of ether oxygens (including phenoxy) is 2. The summed E-state index contributed by atoms with van der Waals surface area (Å²) in [7, 11) is 0. The fourth-order valence-corrected chi connectivity index (χ4v) is 3.96. The van der Waals surface area contributed by atoms with E-state index in [1.54, 1.807) is 0 Å². The highest BCUT2D eigenvalue weighted by Gasteiger charge is 2.20. The number of rotatable bonds is 20. The Morgan fingerprint density at radius 2 is 1.31 bits per heavy atom. The average Bonchev–Trinajstić information content (AvgIpc) is 2.75. The van der Waals surface area contributed by atoms with E-state index in [9.17, 15) is 9.59 Å². The fourth-order valence-electron chi connectivity index (χ4n) is 3.96. The Morgan fingerprint density at radius 3 is 1.81 bits per heavy atom. The van der Waals surface area contributed by atoms with Crippen LogP contribution in [0.15, 0.2) is 30.3 Å². The molecule has 2 unspecified atom stereocenters. The number of esters is 1. The minimum absolute atomic E-state index is 0.0744. The highest BCUT2D eigenvalue weighted by Crippen LogP contribution is 2.18. The summed E-state index contributed by atoms with van der Waals surface area (Å²) in [5.74, 6) is -0.940. The molecule has 0 fully saturated rings. The third kappa shape index (κ3) is 15.9. The van der Waals surface area contributed by atoms with E-state index in [1.807, 2.05) is 37.3 Å². The molecule has 5 heteroatoms. The second kappa shape index (κ2) is 18.7. The molecule has 0 aliphatic heterocycles. The van der Waals surface area contributed by atoms with Gasteiger partial charge in [0, 0.05) is 13.3 Å². The number of carbonyl (C=O) groups excluding carboxylic acids is 1. The highest BCUT2D eigenvalue weighted by atomic mass is 16.6. The number of carboxylic acids is 1. The summed E-state index contributed by atoms with van der Waals surface area (Å²) < 4.78 is 11.5. The summed E-state index contributed by atoms with van der Waals surface area (Å²) in [6.07, 6.45) is 15.1. The van der Waals surface area contributed by atoms with E-state index in [4.69, 9.17) is 14.6 Å². The molecule has 32 heavy (non-hydrogen) atoms. The number of aliphatic carboxylic acids is 1. The molecule has 0 spiro atoms. The maximum absolute atomic E-state index is 11.3. The molecular weight excluding hydrogens is 404 g/mol. The molecule has 0 heterocycles. The van der Waals surface area contributed by atoms with Crippen molar-refractivity contribution in [3.8, 4) is 0 Å². The van der Waals surface area contributed by atoms with Gasteiger partial charge in [0.05, 0.1) is 12.7 Å². The van der Waals surface area contributed by atoms with Crippen LogP contribution >= 0.6 is 0 Å². The van der Waals surface area contributed by atoms with Crippen molar-refractivity contribution >= 4 is 11.9 Å². The van der Waals surface area contributed by atoms with Gasteiger partial charge in [0.1, 0.15) is 6.10 Å². The zero-order valence-electron chi connectivity index (χ0n) is 20.2. The third-order valence-electron chi connectivity index (χ3n) is 5.81. The first-order chi connectivity index (χ1) is 15.5. The fraction of sp³-hybridized carbons (Fsp3) is 0.704. The number of hydrogen-bond acceptors (Lipinski definition) is 4. The molecule has 0 radical (unpaired) electrons. The van der Waals surface area contributed by atoms with Gasteiger partial charge < -0.3 is 14.6 Å². The average molecular weight is 449 g/mol. The molecule has 1 aromatic rings. The molecule has 0 aromatic heterocycles. The Bertz CT molecular complexity index is 601. The van der Waals surface area contributed by atoms with Gasteiger partial charge in [0.15, 0.2) is 0 Å². The predicted molar refractivity (Wildman–Crippen MR) is 129 cm³/mol. The molecule has 0 aliphatic carbocycles. The van der Waals surface area contributed by atoms with Crippen molar-refractivity contribution in [1.82, 2.24) is 0 Å². The molecular formula is C27H44O5. The Kier molecular flexibility index (Phi) is 16.4. The van der Waals surface area contributed by atoms with Gasteiger partial charge in [0.2, 0.25) is 0 Å². The van der Waals surface area contributed by atoms with Crippen LogP contribution < -0.4 is 0 Å². The van der Waals surface area contributed by atoms with E-state index in [-0.39, 0.29) is 18.2 Å². The minimum atomic E-state index is -0.681. The summed E-state index contributed by atoms with van der Waals surface area (Å²) in [5.41, 5.74) is 1.13. The van der Waals surface area contributed by atoms with E-state index < -0.39 is 5.97 Å². The largest absolute Gasteiger partial charge is 0.481 e. The first-order valence-electron chi connectivity index (χ1n) is 12.5. The lowest BCUT2D eigenvalue weighted by atomic mass is 10.0. The number of benzene rings is 1. The Balaban J connectivity index is 2.07. The minimum Gasteiger partial charge on any atom is -0.481 e. The van der Waals surface area contributed by atoms with E-state index in [2.05, 4.69) is 0 Å². The molecule has 1 N–H and O–H groups in total. The van der Waals surface area contributed by atoms with Crippen molar-refractivity contribution in [3.63, 3.8) is 0 Å². The predicted octanol–water partition coefficient (Wildman–Crippen LogP) is 7.07. The molecule has 0 saturated heterocycles. The summed E-state index contributed by atoms with van der Waals surface area (Å²) >= 11 is 0. The second-order valence-corrected chi connectivity index (χ2v) is 8.82. The normalized spacial score (nSPS) is 12.9. The Labute approximate surface area is 194 Å². The zero-order chi connectivity index (χ0) is 23.4. The topological polar surface area (TPSA) is 72.8 Å². The van der Waals surface area contributed by atoms with E-state index in [0.717, 1.165) is 37.7 Å². The standard InChI is InChI=1S/C27H44O5/c1-23(32-24(2)28)26(31-22-25-18-14-13-15-19-25)20-16-11-9-7-5-3-4-6-8-10-12-17-21-27(29)30/h13-15,18-19,23,26H,3-12,16-17,20-22H2,1-2H3,(H,29,30). The Morgan fingerprint density at radius 1 is 0.812 bits per heavy atom. The SMILES string of the molecule is CC(=O)OC(C)C(CCCCCCCCCCCCCCC(=O)O)OCc1ccccc1. The lowest BCUT2D eigenvalue weighted by Crippen LogP contribution is -2.30. The van der Waals surface area contributed by atoms with Crippen LogP contribution in [0.25, 0.3) is 0 Å². The summed E-state index contributed by atoms with van der Waals surface area (Å²) in [4.78, 5) is 21.8. The van der Waals surface area contributed by atoms with Crippen LogP contribution in [0.3, 0.4) is 0 Å². The maximum atomic E-state index is 11.3. The zero-order valence-corrected chi connectivity index (χ0v) is 20.2. The first kappa shape index (κ1) is 28.2. The maximum Gasteiger partial charge on any atom is 0.303 e. The van der Waals surface area contributed by atoms with Gasteiger partial charge >= 0.3 is 11.9 Å². The van der Waals surface area contributed by atoms with Crippen molar-refractivity contribution in [3.05, 3.63) is 35.9 Å². The molecule has 182 valence electrons. The lowest BCUT2D eigenvalue weighted by molar-refractivity contribution is -0.154. The number of carboxylic acid groups (broad SMARTS) is 1. The van der Waals surface area contributed by atoms with E-state index in [1.165, 1.54) is 58.3 Å². The van der Waals surface area contributed by atoms with Crippen LogP contribution in [0.1, 0.15) is 109 Å². The monoisotopic (exact) mass is 448 g/mol. The smallest absolute Gasteiger partial charge is 0.303 e. The summed E-state index contributed by atoms with van der Waals surface area (Å²) in [5, 5.41) is 8.62. The highest BCUT2D eigenvalue weighted by molar-refractivity contribution is 5.66. The van der Waals surface area contributed by atoms with Gasteiger partial charge in [-0.25, -0.2) is 0 Å². The van der Waals surface area contributed by atoms with Gasteiger partial charge in [-0.05, 0) is 25.3 Å². The Hall–Kier alpha value is -1.88. The van der Waals surface area contributed by atoms with Crippen molar-refractivity contribution in [2.24, 2.45) is 0 Å². The molecule has 0 amide bonds. The van der Waals surface area contributed by atoms with Gasteiger partial charge in [-0.1, -0.05) is 101 Å². The van der Waals surface area contributed by atoms with E-state index >= 15 is 0 Å². The van der Waals surface area contributed by atoms with Crippen molar-refractivity contribution in [1.29, 1.82) is 0 Å². The molecule has 1 aromatic carbocycles. The van der Waals surface area contributed by atoms with Gasteiger partial charge in [0.25, 0.3) is 0 Å². The third-order valence-corrected chi connectivity index (χ3v) is 5.81. The van der Waals surface area contributed by atoms with Gasteiger partial charge in [-0.15, -0.1) is 0 Å². The molecule has 2 atom stereocenters. The molecule has 0 aliphatic rings. The van der Waals surface area contributed by atoms with Crippen LogP contribution in [0, 0.1) is 0 Å². The second-order valence-electron chi connectivity index (χ2n) is 8.82.